The fourth-order valence-corrected chi connectivity index (χ4v) is 11.6. The van der Waals surface area contributed by atoms with E-state index in [9.17, 15) is 0 Å². The Morgan fingerprint density at radius 1 is 0.343 bits per heavy atom. The summed E-state index contributed by atoms with van der Waals surface area (Å²) in [7, 11) is 0. The van der Waals surface area contributed by atoms with Crippen molar-refractivity contribution in [2.24, 2.45) is 0 Å². The van der Waals surface area contributed by atoms with Gasteiger partial charge in [0.2, 0.25) is 0 Å². The first kappa shape index (κ1) is 39.0. The summed E-state index contributed by atoms with van der Waals surface area (Å²) in [6.45, 7) is 2.26. The van der Waals surface area contributed by atoms with Crippen LogP contribution < -0.4 is 9.80 Å². The van der Waals surface area contributed by atoms with Gasteiger partial charge in [0.25, 0.3) is 0 Å². The van der Waals surface area contributed by atoms with Crippen molar-refractivity contribution in [1.82, 2.24) is 0 Å². The molecular formula is C63H42N2OS. The average molecular weight is 875 g/mol. The maximum Gasteiger partial charge on any atom is 0.135 e. The van der Waals surface area contributed by atoms with Gasteiger partial charge in [-0.2, -0.15) is 0 Å². The van der Waals surface area contributed by atoms with Gasteiger partial charge in [-0.1, -0.05) is 164 Å². The van der Waals surface area contributed by atoms with E-state index < -0.39 is 0 Å². The molecule has 0 saturated carbocycles. The van der Waals surface area contributed by atoms with Crippen molar-refractivity contribution < 1.29 is 4.42 Å². The van der Waals surface area contributed by atoms with Crippen LogP contribution in [0.5, 0.6) is 0 Å². The van der Waals surface area contributed by atoms with Gasteiger partial charge in [-0.05, 0) is 113 Å². The third-order valence-electron chi connectivity index (χ3n) is 13.3. The number of fused-ring (bicyclic) bond motifs is 11. The molecule has 0 N–H and O–H groups in total. The molecule has 0 fully saturated rings. The van der Waals surface area contributed by atoms with Crippen LogP contribution in [0.1, 0.15) is 5.56 Å². The zero-order chi connectivity index (χ0) is 44.4. The smallest absolute Gasteiger partial charge is 0.135 e. The van der Waals surface area contributed by atoms with Gasteiger partial charge in [0.1, 0.15) is 11.2 Å². The second kappa shape index (κ2) is 15.9. The molecule has 0 unspecified atom stereocenters. The molecule has 0 atom stereocenters. The summed E-state index contributed by atoms with van der Waals surface area (Å²) in [6.07, 6.45) is 0. The molecule has 0 aliphatic heterocycles. The molecule has 2 heterocycles. The Hall–Kier alpha value is -8.44. The largest absolute Gasteiger partial charge is 0.456 e. The molecule has 0 bridgehead atoms. The number of para-hydroxylation sites is 4. The molecule has 2 aromatic heterocycles. The molecule has 0 aliphatic rings. The van der Waals surface area contributed by atoms with Crippen LogP contribution in [0.15, 0.2) is 241 Å². The molecule has 0 radical (unpaired) electrons. The molecule has 13 rings (SSSR count). The van der Waals surface area contributed by atoms with Crippen LogP contribution in [0.25, 0.3) is 85.9 Å². The second-order valence-corrected chi connectivity index (χ2v) is 18.3. The van der Waals surface area contributed by atoms with E-state index in [1.165, 1.54) is 64.0 Å². The maximum atomic E-state index is 6.34. The van der Waals surface area contributed by atoms with E-state index in [4.69, 9.17) is 4.42 Å². The van der Waals surface area contributed by atoms with Crippen molar-refractivity contribution in [3.63, 3.8) is 0 Å². The van der Waals surface area contributed by atoms with Gasteiger partial charge in [-0.15, -0.1) is 11.3 Å². The van der Waals surface area contributed by atoms with Crippen molar-refractivity contribution in [3.05, 3.63) is 242 Å². The zero-order valence-electron chi connectivity index (χ0n) is 36.7. The van der Waals surface area contributed by atoms with Crippen molar-refractivity contribution in [3.8, 4) is 22.3 Å². The molecule has 3 nitrogen and oxygen atoms in total. The SMILES string of the molecule is Cc1cccc2c3cc(N(c4ccc5oc6ccccc6c5c4)c4ccccc4-c4ccccc4)ccc3c3sc4cc(N(c5ccccc5)c5ccccc5-c5ccccc5)ccc4c3c12. The highest BCUT2D eigenvalue weighted by Crippen LogP contribution is 2.50. The van der Waals surface area contributed by atoms with Gasteiger partial charge < -0.3 is 14.2 Å². The Kier molecular flexibility index (Phi) is 9.26. The van der Waals surface area contributed by atoms with Gasteiger partial charge in [-0.25, -0.2) is 0 Å². The molecule has 0 aliphatic carbocycles. The number of hydrogen-bond donors (Lipinski definition) is 0. The molecule has 0 amide bonds. The predicted molar refractivity (Wildman–Crippen MR) is 287 cm³/mol. The first-order chi connectivity index (χ1) is 33.2. The number of rotatable bonds is 8. The Bertz CT molecular complexity index is 4000. The Labute approximate surface area is 392 Å². The third kappa shape index (κ3) is 6.48. The number of hydrogen-bond acceptors (Lipinski definition) is 4. The van der Waals surface area contributed by atoms with Crippen molar-refractivity contribution >= 4 is 109 Å². The highest BCUT2D eigenvalue weighted by Gasteiger charge is 2.23. The average Bonchev–Trinajstić information content (AvgIpc) is 3.96. The Morgan fingerprint density at radius 2 is 0.866 bits per heavy atom. The quantitative estimate of drug-likeness (QED) is 0.142. The van der Waals surface area contributed by atoms with E-state index in [0.29, 0.717) is 0 Å². The molecule has 13 aromatic rings. The Balaban J connectivity index is 1.04. The minimum atomic E-state index is 0.879. The number of furan rings is 1. The molecule has 0 spiro atoms. The molecule has 11 aromatic carbocycles. The molecule has 67 heavy (non-hydrogen) atoms. The van der Waals surface area contributed by atoms with Crippen LogP contribution >= 0.6 is 11.3 Å². The standard InChI is InChI=1S/C63H42N2OS/c1-41-18-17-28-51-54-38-45(65(57-30-15-12-26-49(57)43-21-7-3-8-22-43)46-34-37-59-55(39-46)50-27-13-16-31-58(50)66-59)32-35-52(54)63-62(61(41)51)53-36-33-47(40-60(53)67-63)64(44-23-9-4-10-24-44)56-29-14-11-25-48(56)42-19-5-2-6-20-42/h2-40H,1H3. The van der Waals surface area contributed by atoms with Crippen LogP contribution in [0.2, 0.25) is 0 Å². The fourth-order valence-electron chi connectivity index (χ4n) is 10.3. The van der Waals surface area contributed by atoms with Crippen molar-refractivity contribution in [1.29, 1.82) is 0 Å². The molecule has 4 heteroatoms. The zero-order valence-corrected chi connectivity index (χ0v) is 37.5. The van der Waals surface area contributed by atoms with E-state index in [1.54, 1.807) is 0 Å². The van der Waals surface area contributed by atoms with Gasteiger partial charge in [0.05, 0.1) is 11.4 Å². The number of thiophene rings is 1. The molecule has 0 saturated heterocycles. The van der Waals surface area contributed by atoms with Gasteiger partial charge in [0.15, 0.2) is 0 Å². The van der Waals surface area contributed by atoms with E-state index in [2.05, 4.69) is 241 Å². The number of anilines is 6. The number of nitrogens with zero attached hydrogens (tertiary/aromatic N) is 2. The molecule has 316 valence electrons. The fraction of sp³-hybridized carbons (Fsp3) is 0.0159. The third-order valence-corrected chi connectivity index (χ3v) is 14.5. The van der Waals surface area contributed by atoms with Crippen LogP contribution in [-0.4, -0.2) is 0 Å². The second-order valence-electron chi connectivity index (χ2n) is 17.3. The van der Waals surface area contributed by atoms with Crippen molar-refractivity contribution in [2.45, 2.75) is 6.92 Å². The number of aryl methyl sites for hydroxylation is 1. The summed E-state index contributed by atoms with van der Waals surface area (Å²) in [5, 5.41) is 9.84. The van der Waals surface area contributed by atoms with Crippen LogP contribution in [0, 0.1) is 6.92 Å². The first-order valence-corrected chi connectivity index (χ1v) is 23.6. The topological polar surface area (TPSA) is 19.6 Å². The minimum absolute atomic E-state index is 0.879. The van der Waals surface area contributed by atoms with Gasteiger partial charge in [0, 0.05) is 70.2 Å². The monoisotopic (exact) mass is 874 g/mol. The summed E-state index contributed by atoms with van der Waals surface area (Å²) in [5.41, 5.74) is 14.4. The van der Waals surface area contributed by atoms with E-state index in [-0.39, 0.29) is 0 Å². The van der Waals surface area contributed by atoms with Crippen LogP contribution in [-0.2, 0) is 0 Å². The normalized spacial score (nSPS) is 11.7. The lowest BCUT2D eigenvalue weighted by molar-refractivity contribution is 0.669. The maximum absolute atomic E-state index is 6.34. The molecular weight excluding hydrogens is 833 g/mol. The van der Waals surface area contributed by atoms with Crippen molar-refractivity contribution in [2.75, 3.05) is 9.80 Å². The minimum Gasteiger partial charge on any atom is -0.456 e. The highest BCUT2D eigenvalue weighted by atomic mass is 32.1. The van der Waals surface area contributed by atoms with E-state index in [1.807, 2.05) is 23.5 Å². The summed E-state index contributed by atoms with van der Waals surface area (Å²) in [4.78, 5) is 4.84. The van der Waals surface area contributed by atoms with E-state index >= 15 is 0 Å². The van der Waals surface area contributed by atoms with Gasteiger partial charge in [-0.3, -0.25) is 0 Å². The lowest BCUT2D eigenvalue weighted by Gasteiger charge is -2.28. The van der Waals surface area contributed by atoms with Gasteiger partial charge >= 0.3 is 0 Å². The van der Waals surface area contributed by atoms with E-state index in [0.717, 1.165) is 61.6 Å². The number of benzene rings is 11. The Morgan fingerprint density at radius 3 is 1.57 bits per heavy atom. The summed E-state index contributed by atoms with van der Waals surface area (Å²) in [5.74, 6) is 0. The summed E-state index contributed by atoms with van der Waals surface area (Å²) >= 11 is 1.90. The first-order valence-electron chi connectivity index (χ1n) is 22.8. The lowest BCUT2D eigenvalue weighted by Crippen LogP contribution is -2.11. The summed E-state index contributed by atoms with van der Waals surface area (Å²) in [6, 6.07) is 85.6. The summed E-state index contributed by atoms with van der Waals surface area (Å²) < 4.78 is 8.90. The predicted octanol–water partition coefficient (Wildman–Crippen LogP) is 18.8. The van der Waals surface area contributed by atoms with Crippen LogP contribution in [0.3, 0.4) is 0 Å². The lowest BCUT2D eigenvalue weighted by atomic mass is 9.93. The highest BCUT2D eigenvalue weighted by molar-refractivity contribution is 7.27. The van der Waals surface area contributed by atoms with Crippen LogP contribution in [0.4, 0.5) is 34.1 Å².